The van der Waals surface area contributed by atoms with Crippen molar-refractivity contribution in [3.8, 4) is 0 Å². The van der Waals surface area contributed by atoms with E-state index in [1.807, 2.05) is 12.2 Å². The van der Waals surface area contributed by atoms with Crippen LogP contribution in [0.2, 0.25) is 0 Å². The number of allylic oxidation sites excluding steroid dienone is 2. The average molecular weight is 351 g/mol. The van der Waals surface area contributed by atoms with Crippen molar-refractivity contribution in [2.45, 2.75) is 58.3 Å². The smallest absolute Gasteiger partial charge is 0.307 e. The van der Waals surface area contributed by atoms with E-state index >= 15 is 0 Å². The Bertz CT molecular complexity index is 600. The molecule has 0 saturated heterocycles. The molecule has 1 aromatic heterocycles. The van der Waals surface area contributed by atoms with Gasteiger partial charge in [0.1, 0.15) is 5.01 Å². The zero-order valence-electron chi connectivity index (χ0n) is 14.2. The van der Waals surface area contributed by atoms with Crippen molar-refractivity contribution in [3.05, 3.63) is 17.2 Å². The number of aliphatic carboxylic acids is 1. The maximum atomic E-state index is 12.4. The van der Waals surface area contributed by atoms with Crippen LogP contribution in [0.5, 0.6) is 0 Å². The van der Waals surface area contributed by atoms with Crippen LogP contribution in [0.3, 0.4) is 0 Å². The summed E-state index contributed by atoms with van der Waals surface area (Å²) in [5, 5.41) is 21.7. The number of carboxylic acid groups (broad SMARTS) is 1. The molecule has 1 aromatic rings. The van der Waals surface area contributed by atoms with Crippen molar-refractivity contribution in [3.63, 3.8) is 0 Å². The Kier molecular flexibility index (Phi) is 6.90. The van der Waals surface area contributed by atoms with E-state index < -0.39 is 17.8 Å². The van der Waals surface area contributed by atoms with Crippen LogP contribution in [0.1, 0.15) is 63.3 Å². The molecule has 0 bridgehead atoms. The van der Waals surface area contributed by atoms with E-state index in [1.54, 1.807) is 0 Å². The van der Waals surface area contributed by atoms with E-state index in [2.05, 4.69) is 29.4 Å². The van der Waals surface area contributed by atoms with Gasteiger partial charge in [-0.1, -0.05) is 50.2 Å². The lowest BCUT2D eigenvalue weighted by Gasteiger charge is -2.23. The average Bonchev–Trinajstić information content (AvgIpc) is 3.03. The number of nitrogens with one attached hydrogen (secondary N) is 1. The van der Waals surface area contributed by atoms with Crippen LogP contribution in [-0.4, -0.2) is 27.2 Å². The van der Waals surface area contributed by atoms with Crippen molar-refractivity contribution in [1.29, 1.82) is 0 Å². The first-order valence-electron chi connectivity index (χ1n) is 8.58. The van der Waals surface area contributed by atoms with Gasteiger partial charge in [-0.15, -0.1) is 10.2 Å². The van der Waals surface area contributed by atoms with Crippen molar-refractivity contribution in [2.24, 2.45) is 11.8 Å². The number of rotatable bonds is 8. The normalized spacial score (nSPS) is 21.4. The Hall–Kier alpha value is -1.76. The number of carbonyl (C=O) groups is 2. The molecule has 0 fully saturated rings. The van der Waals surface area contributed by atoms with Gasteiger partial charge in [0.15, 0.2) is 0 Å². The maximum absolute atomic E-state index is 12.4. The summed E-state index contributed by atoms with van der Waals surface area (Å²) in [6, 6.07) is 0. The first kappa shape index (κ1) is 18.6. The highest BCUT2D eigenvalue weighted by atomic mass is 32.1. The number of hydrogen-bond donors (Lipinski definition) is 2. The number of amides is 1. The summed E-state index contributed by atoms with van der Waals surface area (Å²) in [4.78, 5) is 23.7. The summed E-state index contributed by atoms with van der Waals surface area (Å²) < 4.78 is 0. The molecule has 1 aliphatic rings. The summed E-state index contributed by atoms with van der Waals surface area (Å²) in [6.07, 6.45) is 8.89. The van der Waals surface area contributed by atoms with E-state index in [-0.39, 0.29) is 5.91 Å². The fourth-order valence-electron chi connectivity index (χ4n) is 2.98. The molecule has 7 heteroatoms. The second-order valence-corrected chi connectivity index (χ2v) is 7.19. The molecule has 1 amide bonds. The highest BCUT2D eigenvalue weighted by Crippen LogP contribution is 2.31. The van der Waals surface area contributed by atoms with Gasteiger partial charge in [0.25, 0.3) is 0 Å². The van der Waals surface area contributed by atoms with Crippen LogP contribution in [0.25, 0.3) is 0 Å². The van der Waals surface area contributed by atoms with Crippen molar-refractivity contribution < 1.29 is 14.7 Å². The van der Waals surface area contributed by atoms with Crippen LogP contribution in [0.15, 0.2) is 12.2 Å². The van der Waals surface area contributed by atoms with E-state index in [0.29, 0.717) is 23.9 Å². The predicted octanol–water partition coefficient (Wildman–Crippen LogP) is 3.83. The summed E-state index contributed by atoms with van der Waals surface area (Å²) in [5.74, 6) is -2.06. The van der Waals surface area contributed by atoms with Crippen molar-refractivity contribution in [1.82, 2.24) is 10.2 Å². The minimum Gasteiger partial charge on any atom is -0.481 e. The zero-order valence-corrected chi connectivity index (χ0v) is 15.0. The van der Waals surface area contributed by atoms with Crippen LogP contribution in [0, 0.1) is 11.8 Å². The van der Waals surface area contributed by atoms with E-state index in [9.17, 15) is 14.7 Å². The van der Waals surface area contributed by atoms with Gasteiger partial charge in [-0.25, -0.2) is 0 Å². The lowest BCUT2D eigenvalue weighted by molar-refractivity contribution is -0.146. The quantitative estimate of drug-likeness (QED) is 0.695. The van der Waals surface area contributed by atoms with Crippen molar-refractivity contribution in [2.75, 3.05) is 5.32 Å². The van der Waals surface area contributed by atoms with Gasteiger partial charge in [-0.3, -0.25) is 9.59 Å². The second-order valence-electron chi connectivity index (χ2n) is 6.18. The Morgan fingerprint density at radius 2 is 2.00 bits per heavy atom. The molecule has 2 N–H and O–H groups in total. The summed E-state index contributed by atoms with van der Waals surface area (Å²) in [5.41, 5.74) is 0. The topological polar surface area (TPSA) is 92.2 Å². The molecule has 1 heterocycles. The summed E-state index contributed by atoms with van der Waals surface area (Å²) in [6.45, 7) is 4.29. The molecule has 1 aliphatic carbocycles. The summed E-state index contributed by atoms with van der Waals surface area (Å²) in [7, 11) is 0. The molecule has 0 spiro atoms. The van der Waals surface area contributed by atoms with Gasteiger partial charge < -0.3 is 10.4 Å². The van der Waals surface area contributed by atoms with Crippen LogP contribution < -0.4 is 5.32 Å². The Morgan fingerprint density at radius 1 is 1.29 bits per heavy atom. The predicted molar refractivity (Wildman–Crippen MR) is 94.1 cm³/mol. The van der Waals surface area contributed by atoms with Gasteiger partial charge >= 0.3 is 5.97 Å². The number of unbranched alkanes of at least 4 members (excludes halogenated alkanes) is 1. The van der Waals surface area contributed by atoms with Crippen LogP contribution in [-0.2, 0) is 9.59 Å². The molecule has 132 valence electrons. The highest BCUT2D eigenvalue weighted by Gasteiger charge is 2.34. The fraction of sp³-hybridized carbons (Fsp3) is 0.647. The van der Waals surface area contributed by atoms with E-state index in [0.717, 1.165) is 30.7 Å². The largest absolute Gasteiger partial charge is 0.481 e. The number of carbonyl (C=O) groups excluding carboxylic acids is 1. The number of carboxylic acids is 1. The molecule has 0 aliphatic heterocycles. The number of aromatic nitrogens is 2. The van der Waals surface area contributed by atoms with E-state index in [4.69, 9.17) is 0 Å². The molecule has 0 radical (unpaired) electrons. The zero-order chi connectivity index (χ0) is 17.5. The number of hydrogen-bond acceptors (Lipinski definition) is 5. The van der Waals surface area contributed by atoms with Gasteiger partial charge in [-0.05, 0) is 25.7 Å². The monoisotopic (exact) mass is 351 g/mol. The van der Waals surface area contributed by atoms with Crippen molar-refractivity contribution >= 4 is 28.3 Å². The molecule has 0 saturated carbocycles. The number of anilines is 1. The maximum Gasteiger partial charge on any atom is 0.307 e. The molecular weight excluding hydrogens is 326 g/mol. The lowest BCUT2D eigenvalue weighted by atomic mass is 9.82. The molecular formula is C17H25N3O3S. The standard InChI is InChI=1S/C17H25N3O3S/c1-3-5-8-11(4-2)15-19-20-17(24-15)18-14(21)12-9-6-7-10-13(12)16(22)23/h6-7,11-13H,3-5,8-10H2,1-2H3,(H,22,23)(H,18,20,21). The Morgan fingerprint density at radius 3 is 2.62 bits per heavy atom. The molecule has 6 nitrogen and oxygen atoms in total. The molecule has 0 aromatic carbocycles. The minimum atomic E-state index is -0.928. The first-order valence-corrected chi connectivity index (χ1v) is 9.40. The molecule has 24 heavy (non-hydrogen) atoms. The molecule has 3 unspecified atom stereocenters. The minimum absolute atomic E-state index is 0.281. The third kappa shape index (κ3) is 4.63. The molecule has 3 atom stereocenters. The van der Waals surface area contributed by atoms with Gasteiger partial charge in [0.05, 0.1) is 11.8 Å². The van der Waals surface area contributed by atoms with Crippen LogP contribution in [0.4, 0.5) is 5.13 Å². The van der Waals surface area contributed by atoms with Gasteiger partial charge in [0, 0.05) is 5.92 Å². The third-order valence-corrected chi connectivity index (χ3v) is 5.51. The highest BCUT2D eigenvalue weighted by molar-refractivity contribution is 7.15. The van der Waals surface area contributed by atoms with Gasteiger partial charge in [0.2, 0.25) is 11.0 Å². The summed E-state index contributed by atoms with van der Waals surface area (Å²) >= 11 is 1.40. The van der Waals surface area contributed by atoms with Gasteiger partial charge in [-0.2, -0.15) is 0 Å². The lowest BCUT2D eigenvalue weighted by Crippen LogP contribution is -2.34. The second kappa shape index (κ2) is 8.92. The Labute approximate surface area is 146 Å². The first-order chi connectivity index (χ1) is 11.6. The third-order valence-electron chi connectivity index (χ3n) is 4.51. The van der Waals surface area contributed by atoms with Crippen LogP contribution >= 0.6 is 11.3 Å². The fourth-order valence-corrected chi connectivity index (χ4v) is 3.94. The molecule has 2 rings (SSSR count). The number of nitrogens with zero attached hydrogens (tertiary/aromatic N) is 2. The Balaban J connectivity index is 2.01. The van der Waals surface area contributed by atoms with E-state index in [1.165, 1.54) is 11.3 Å². The SMILES string of the molecule is CCCCC(CC)c1nnc(NC(=O)C2CC=CCC2C(=O)O)s1.